The molecular weight excluding hydrogens is 454 g/mol. The molecule has 204 valence electrons. The quantitative estimate of drug-likeness (QED) is 0.484. The summed E-state index contributed by atoms with van der Waals surface area (Å²) in [5.74, 6) is 1.74. The lowest BCUT2D eigenvalue weighted by Gasteiger charge is -2.66. The third-order valence-corrected chi connectivity index (χ3v) is 11.8. The van der Waals surface area contributed by atoms with Gasteiger partial charge >= 0.3 is 11.9 Å². The number of ether oxygens (including phenoxy) is 2. The van der Waals surface area contributed by atoms with Gasteiger partial charge in [0.2, 0.25) is 0 Å². The van der Waals surface area contributed by atoms with Crippen molar-refractivity contribution in [2.45, 2.75) is 117 Å². The van der Waals surface area contributed by atoms with Crippen LogP contribution in [0.1, 0.15) is 106 Å². The molecule has 4 saturated carbocycles. The molecule has 0 aromatic heterocycles. The number of fused-ring (bicyclic) bond motifs is 5. The second-order valence-electron chi connectivity index (χ2n) is 14.2. The maximum Gasteiger partial charge on any atom is 0.325 e. The maximum atomic E-state index is 12.8. The first-order valence-corrected chi connectivity index (χ1v) is 14.2. The molecule has 8 atom stereocenters. The number of rotatable bonds is 6. The molecule has 0 bridgehead atoms. The molecule has 4 rings (SSSR count). The Balaban J connectivity index is 1.44. The molecular formula is C30H49NO5. The molecule has 6 nitrogen and oxygen atoms in total. The highest BCUT2D eigenvalue weighted by Crippen LogP contribution is 2.72. The topological polar surface area (TPSA) is 81.7 Å². The highest BCUT2D eigenvalue weighted by Gasteiger charge is 2.66. The van der Waals surface area contributed by atoms with Gasteiger partial charge in [-0.1, -0.05) is 20.8 Å². The molecule has 0 aliphatic heterocycles. The van der Waals surface area contributed by atoms with E-state index < -0.39 is 17.1 Å². The smallest absolute Gasteiger partial charge is 0.325 e. The molecule has 0 aromatic rings. The first kappa shape index (κ1) is 27.6. The van der Waals surface area contributed by atoms with Gasteiger partial charge in [-0.2, -0.15) is 0 Å². The number of carbonyl (C=O) groups excluding carboxylic acids is 3. The largest absolute Gasteiger partial charge is 0.468 e. The average Bonchev–Trinajstić information content (AvgIpc) is 3.16. The zero-order valence-electron chi connectivity index (χ0n) is 23.9. The van der Waals surface area contributed by atoms with Crippen molar-refractivity contribution >= 4 is 17.7 Å². The van der Waals surface area contributed by atoms with Crippen LogP contribution in [0.2, 0.25) is 0 Å². The van der Waals surface area contributed by atoms with Gasteiger partial charge in [-0.15, -0.1) is 0 Å². The Morgan fingerprint density at radius 2 is 1.50 bits per heavy atom. The van der Waals surface area contributed by atoms with E-state index in [0.29, 0.717) is 23.5 Å². The standard InChI is InChI=1S/C30H49NO5/c1-19(32)21-9-10-22-29(21,6)14-12-23-28(5)16-15-27(4,17-20(28)11-13-30(22,23)7)36-24(33)18-31-26(2,3)25(34)35-8/h20-23,31H,9-18H2,1-8H3/t20-,21+,22+,23+,27+,28-,29+,30-/m0/s1. The van der Waals surface area contributed by atoms with Crippen molar-refractivity contribution in [1.29, 1.82) is 0 Å². The number of Topliss-reactive ketones (excluding diaryl/α,β-unsaturated/α-hetero) is 1. The number of carbonyl (C=O) groups is 3. The highest BCUT2D eigenvalue weighted by molar-refractivity contribution is 5.81. The van der Waals surface area contributed by atoms with Crippen LogP contribution in [0.5, 0.6) is 0 Å². The van der Waals surface area contributed by atoms with Crippen molar-refractivity contribution in [3.63, 3.8) is 0 Å². The van der Waals surface area contributed by atoms with Gasteiger partial charge in [0, 0.05) is 5.92 Å². The normalized spacial score (nSPS) is 44.1. The Morgan fingerprint density at radius 1 is 0.861 bits per heavy atom. The first-order chi connectivity index (χ1) is 16.6. The summed E-state index contributed by atoms with van der Waals surface area (Å²) >= 11 is 0. The first-order valence-electron chi connectivity index (χ1n) is 14.2. The Morgan fingerprint density at radius 3 is 2.14 bits per heavy atom. The van der Waals surface area contributed by atoms with Crippen LogP contribution in [0.4, 0.5) is 0 Å². The zero-order valence-corrected chi connectivity index (χ0v) is 23.9. The lowest BCUT2D eigenvalue weighted by Crippen LogP contribution is -2.60. The van der Waals surface area contributed by atoms with Crippen molar-refractivity contribution in [3.8, 4) is 0 Å². The van der Waals surface area contributed by atoms with E-state index >= 15 is 0 Å². The lowest BCUT2D eigenvalue weighted by molar-refractivity contribution is -0.198. The zero-order chi connectivity index (χ0) is 26.7. The summed E-state index contributed by atoms with van der Waals surface area (Å²) in [6, 6.07) is 0. The molecule has 0 radical (unpaired) electrons. The van der Waals surface area contributed by atoms with Gasteiger partial charge in [-0.05, 0) is 119 Å². The van der Waals surface area contributed by atoms with Crippen LogP contribution in [0, 0.1) is 39.9 Å². The fourth-order valence-electron chi connectivity index (χ4n) is 9.79. The average molecular weight is 504 g/mol. The molecule has 0 aromatic carbocycles. The fourth-order valence-corrected chi connectivity index (χ4v) is 9.79. The van der Waals surface area contributed by atoms with Crippen LogP contribution >= 0.6 is 0 Å². The van der Waals surface area contributed by atoms with Crippen molar-refractivity contribution in [2.75, 3.05) is 13.7 Å². The van der Waals surface area contributed by atoms with Crippen molar-refractivity contribution in [2.24, 2.45) is 39.9 Å². The third-order valence-electron chi connectivity index (χ3n) is 11.8. The summed E-state index contributed by atoms with van der Waals surface area (Å²) in [7, 11) is 1.35. The fraction of sp³-hybridized carbons (Fsp3) is 0.900. The van der Waals surface area contributed by atoms with Crippen LogP contribution in [-0.4, -0.2) is 42.5 Å². The number of nitrogens with one attached hydrogen (secondary N) is 1. The van der Waals surface area contributed by atoms with Gasteiger partial charge in [0.25, 0.3) is 0 Å². The van der Waals surface area contributed by atoms with Crippen LogP contribution in [-0.2, 0) is 23.9 Å². The summed E-state index contributed by atoms with van der Waals surface area (Å²) in [6.07, 6.45) is 9.86. The minimum Gasteiger partial charge on any atom is -0.468 e. The predicted molar refractivity (Wildman–Crippen MR) is 139 cm³/mol. The van der Waals surface area contributed by atoms with Gasteiger partial charge < -0.3 is 9.47 Å². The molecule has 0 amide bonds. The van der Waals surface area contributed by atoms with Crippen molar-refractivity contribution in [3.05, 3.63) is 0 Å². The van der Waals surface area contributed by atoms with E-state index in [9.17, 15) is 14.4 Å². The summed E-state index contributed by atoms with van der Waals surface area (Å²) < 4.78 is 10.9. The van der Waals surface area contributed by atoms with E-state index in [2.05, 4.69) is 33.0 Å². The van der Waals surface area contributed by atoms with E-state index in [4.69, 9.17) is 9.47 Å². The van der Waals surface area contributed by atoms with Crippen molar-refractivity contribution in [1.82, 2.24) is 5.32 Å². The van der Waals surface area contributed by atoms with Gasteiger partial charge in [0.05, 0.1) is 13.7 Å². The molecule has 6 heteroatoms. The van der Waals surface area contributed by atoms with E-state index in [1.165, 1.54) is 39.2 Å². The van der Waals surface area contributed by atoms with E-state index in [1.54, 1.807) is 20.8 Å². The lowest BCUT2D eigenvalue weighted by atomic mass is 9.39. The second kappa shape index (κ2) is 9.10. The van der Waals surface area contributed by atoms with E-state index in [0.717, 1.165) is 25.7 Å². The van der Waals surface area contributed by atoms with E-state index in [1.807, 2.05) is 0 Å². The molecule has 4 aliphatic rings. The molecule has 36 heavy (non-hydrogen) atoms. The molecule has 4 aliphatic carbocycles. The maximum absolute atomic E-state index is 12.8. The van der Waals surface area contributed by atoms with Crippen molar-refractivity contribution < 1.29 is 23.9 Å². The molecule has 0 heterocycles. The van der Waals surface area contributed by atoms with Gasteiger partial charge in [0.15, 0.2) is 0 Å². The minimum atomic E-state index is -0.940. The molecule has 0 saturated heterocycles. The summed E-state index contributed by atoms with van der Waals surface area (Å²) in [4.78, 5) is 37.2. The summed E-state index contributed by atoms with van der Waals surface area (Å²) in [6.45, 7) is 14.8. The van der Waals surface area contributed by atoms with Crippen LogP contribution in [0.25, 0.3) is 0 Å². The second-order valence-corrected chi connectivity index (χ2v) is 14.2. The van der Waals surface area contributed by atoms with Crippen LogP contribution in [0.3, 0.4) is 0 Å². The SMILES string of the molecule is COC(=O)C(C)(C)NCC(=O)O[C@]1(C)CC[C@@]2(C)[C@@H](CC[C@]3(C)[C@@H]2CC[C@@]2(C)[C@H]3CC[C@@H]2C(C)=O)C1. The number of hydrogen-bond acceptors (Lipinski definition) is 6. The number of hydrogen-bond donors (Lipinski definition) is 1. The summed E-state index contributed by atoms with van der Waals surface area (Å²) in [5.41, 5.74) is -0.715. The van der Waals surface area contributed by atoms with Gasteiger partial charge in [-0.3, -0.25) is 19.7 Å². The Bertz CT molecular complexity index is 915. The predicted octanol–water partition coefficient (Wildman–Crippen LogP) is 5.47. The van der Waals surface area contributed by atoms with Gasteiger partial charge in [-0.25, -0.2) is 0 Å². The molecule has 1 N–H and O–H groups in total. The Hall–Kier alpha value is -1.43. The molecule has 0 spiro atoms. The monoisotopic (exact) mass is 503 g/mol. The molecule has 0 unspecified atom stereocenters. The number of ketones is 1. The summed E-state index contributed by atoms with van der Waals surface area (Å²) in [5, 5.41) is 2.99. The van der Waals surface area contributed by atoms with E-state index in [-0.39, 0.29) is 34.7 Å². The molecule has 4 fully saturated rings. The number of methoxy groups -OCH3 is 1. The van der Waals surface area contributed by atoms with Crippen LogP contribution < -0.4 is 5.32 Å². The Kier molecular flexibility index (Phi) is 6.97. The minimum absolute atomic E-state index is 0.0160. The van der Waals surface area contributed by atoms with Crippen LogP contribution in [0.15, 0.2) is 0 Å². The van der Waals surface area contributed by atoms with Gasteiger partial charge in [0.1, 0.15) is 16.9 Å². The number of esters is 2. The third kappa shape index (κ3) is 4.33. The Labute approximate surface area is 218 Å². The highest BCUT2D eigenvalue weighted by atomic mass is 16.6.